The van der Waals surface area contributed by atoms with Crippen molar-refractivity contribution in [3.05, 3.63) is 0 Å². The molecule has 0 aliphatic heterocycles. The summed E-state index contributed by atoms with van der Waals surface area (Å²) in [5, 5.41) is 3.28. The van der Waals surface area contributed by atoms with Crippen LogP contribution in [-0.4, -0.2) is 49.2 Å². The fourth-order valence-electron chi connectivity index (χ4n) is 1.95. The normalized spacial score (nSPS) is 17.5. The maximum Gasteiger partial charge on any atom is 0.323 e. The molecule has 4 heteroatoms. The second kappa shape index (κ2) is 6.97. The summed E-state index contributed by atoms with van der Waals surface area (Å²) in [6.45, 7) is 7.36. The van der Waals surface area contributed by atoms with Gasteiger partial charge in [0, 0.05) is 18.6 Å². The van der Waals surface area contributed by atoms with Crippen molar-refractivity contribution in [2.75, 3.05) is 20.2 Å². The summed E-state index contributed by atoms with van der Waals surface area (Å²) >= 11 is 0. The van der Waals surface area contributed by atoms with Crippen LogP contribution in [-0.2, 0) is 9.53 Å². The minimum Gasteiger partial charge on any atom is -0.465 e. The van der Waals surface area contributed by atoms with Gasteiger partial charge in [-0.1, -0.05) is 13.8 Å². The number of nitrogens with one attached hydrogen (secondary N) is 1. The molecule has 1 fully saturated rings. The SMILES string of the molecule is CCOC(=O)C(CCN(C)C1CC1)NC(C)C. The first-order chi connectivity index (χ1) is 8.04. The lowest BCUT2D eigenvalue weighted by atomic mass is 10.1. The van der Waals surface area contributed by atoms with E-state index in [-0.39, 0.29) is 12.0 Å². The summed E-state index contributed by atoms with van der Waals surface area (Å²) in [4.78, 5) is 14.1. The Bertz CT molecular complexity index is 240. The Hall–Kier alpha value is -0.610. The third-order valence-electron chi connectivity index (χ3n) is 3.05. The maximum atomic E-state index is 11.8. The molecule has 1 saturated carbocycles. The summed E-state index contributed by atoms with van der Waals surface area (Å²) in [6.07, 6.45) is 3.43. The molecule has 1 unspecified atom stereocenters. The van der Waals surface area contributed by atoms with Crippen LogP contribution >= 0.6 is 0 Å². The Morgan fingerprint density at radius 1 is 1.47 bits per heavy atom. The Labute approximate surface area is 105 Å². The lowest BCUT2D eigenvalue weighted by Crippen LogP contribution is -2.44. The molecular weight excluding hydrogens is 216 g/mol. The van der Waals surface area contributed by atoms with E-state index in [4.69, 9.17) is 4.74 Å². The highest BCUT2D eigenvalue weighted by atomic mass is 16.5. The summed E-state index contributed by atoms with van der Waals surface area (Å²) in [6, 6.07) is 0.878. The van der Waals surface area contributed by atoms with E-state index >= 15 is 0 Å². The van der Waals surface area contributed by atoms with Crippen LogP contribution in [0.5, 0.6) is 0 Å². The number of carbonyl (C=O) groups excluding carboxylic acids is 1. The van der Waals surface area contributed by atoms with E-state index in [1.165, 1.54) is 12.8 Å². The second-order valence-electron chi connectivity index (χ2n) is 5.13. The van der Waals surface area contributed by atoms with Gasteiger partial charge in [-0.3, -0.25) is 4.79 Å². The highest BCUT2D eigenvalue weighted by Gasteiger charge is 2.27. The van der Waals surface area contributed by atoms with Crippen molar-refractivity contribution >= 4 is 5.97 Å². The smallest absolute Gasteiger partial charge is 0.323 e. The van der Waals surface area contributed by atoms with Gasteiger partial charge in [0.25, 0.3) is 0 Å². The molecule has 0 aromatic carbocycles. The van der Waals surface area contributed by atoms with Crippen LogP contribution < -0.4 is 5.32 Å². The number of ether oxygens (including phenoxy) is 1. The molecule has 0 heterocycles. The second-order valence-corrected chi connectivity index (χ2v) is 5.13. The Kier molecular flexibility index (Phi) is 5.92. The van der Waals surface area contributed by atoms with Crippen LogP contribution in [0.4, 0.5) is 0 Å². The molecule has 4 nitrogen and oxygen atoms in total. The topological polar surface area (TPSA) is 41.6 Å². The third kappa shape index (κ3) is 5.50. The summed E-state index contributed by atoms with van der Waals surface area (Å²) in [5.74, 6) is -0.120. The van der Waals surface area contributed by atoms with Crippen molar-refractivity contribution in [2.45, 2.75) is 58.2 Å². The Morgan fingerprint density at radius 2 is 2.12 bits per heavy atom. The molecule has 0 amide bonds. The van der Waals surface area contributed by atoms with E-state index in [2.05, 4.69) is 31.1 Å². The van der Waals surface area contributed by atoms with E-state index < -0.39 is 0 Å². The minimum atomic E-state index is -0.170. The molecule has 0 saturated heterocycles. The van der Waals surface area contributed by atoms with E-state index in [9.17, 15) is 4.79 Å². The molecular formula is C13H26N2O2. The third-order valence-corrected chi connectivity index (χ3v) is 3.05. The Balaban J connectivity index is 2.35. The molecule has 1 rings (SSSR count). The first kappa shape index (κ1) is 14.5. The van der Waals surface area contributed by atoms with Crippen LogP contribution in [0.15, 0.2) is 0 Å². The van der Waals surface area contributed by atoms with E-state index in [1.807, 2.05) is 6.92 Å². The van der Waals surface area contributed by atoms with Gasteiger partial charge in [0.1, 0.15) is 6.04 Å². The highest BCUT2D eigenvalue weighted by Crippen LogP contribution is 2.25. The van der Waals surface area contributed by atoms with Crippen LogP contribution in [0.3, 0.4) is 0 Å². The van der Waals surface area contributed by atoms with E-state index in [0.29, 0.717) is 12.6 Å². The molecule has 1 atom stereocenters. The number of carbonyl (C=O) groups is 1. The number of nitrogens with zero attached hydrogens (tertiary/aromatic N) is 1. The fraction of sp³-hybridized carbons (Fsp3) is 0.923. The van der Waals surface area contributed by atoms with Crippen LogP contribution in [0.25, 0.3) is 0 Å². The van der Waals surface area contributed by atoms with Crippen molar-refractivity contribution in [1.82, 2.24) is 10.2 Å². The average molecular weight is 242 g/mol. The van der Waals surface area contributed by atoms with Gasteiger partial charge in [-0.2, -0.15) is 0 Å². The predicted octanol–water partition coefficient (Wildman–Crippen LogP) is 1.40. The fourth-order valence-corrected chi connectivity index (χ4v) is 1.95. The molecule has 0 aromatic heterocycles. The molecule has 0 aromatic rings. The monoisotopic (exact) mass is 242 g/mol. The lowest BCUT2D eigenvalue weighted by molar-refractivity contribution is -0.146. The van der Waals surface area contributed by atoms with Crippen LogP contribution in [0, 0.1) is 0 Å². The van der Waals surface area contributed by atoms with Gasteiger partial charge >= 0.3 is 5.97 Å². The van der Waals surface area contributed by atoms with Gasteiger partial charge in [0.15, 0.2) is 0 Å². The summed E-state index contributed by atoms with van der Waals surface area (Å²) in [5.41, 5.74) is 0. The van der Waals surface area contributed by atoms with Crippen molar-refractivity contribution < 1.29 is 9.53 Å². The average Bonchev–Trinajstić information content (AvgIpc) is 3.07. The number of hydrogen-bond acceptors (Lipinski definition) is 4. The molecule has 0 bridgehead atoms. The number of hydrogen-bond donors (Lipinski definition) is 1. The van der Waals surface area contributed by atoms with Crippen molar-refractivity contribution in [2.24, 2.45) is 0 Å². The van der Waals surface area contributed by atoms with Crippen LogP contribution in [0.1, 0.15) is 40.0 Å². The molecule has 17 heavy (non-hydrogen) atoms. The van der Waals surface area contributed by atoms with Gasteiger partial charge in [-0.15, -0.1) is 0 Å². The molecule has 1 aliphatic rings. The molecule has 0 spiro atoms. The van der Waals surface area contributed by atoms with Gasteiger partial charge < -0.3 is 15.0 Å². The van der Waals surface area contributed by atoms with E-state index in [0.717, 1.165) is 19.0 Å². The zero-order chi connectivity index (χ0) is 12.8. The molecule has 100 valence electrons. The Morgan fingerprint density at radius 3 is 2.59 bits per heavy atom. The maximum absolute atomic E-state index is 11.8. The highest BCUT2D eigenvalue weighted by molar-refractivity contribution is 5.75. The minimum absolute atomic E-state index is 0.120. The summed E-state index contributed by atoms with van der Waals surface area (Å²) in [7, 11) is 2.13. The zero-order valence-corrected chi connectivity index (χ0v) is 11.5. The summed E-state index contributed by atoms with van der Waals surface area (Å²) < 4.78 is 5.09. The van der Waals surface area contributed by atoms with Crippen molar-refractivity contribution in [3.63, 3.8) is 0 Å². The lowest BCUT2D eigenvalue weighted by Gasteiger charge is -2.22. The molecule has 1 aliphatic carbocycles. The van der Waals surface area contributed by atoms with E-state index in [1.54, 1.807) is 0 Å². The van der Waals surface area contributed by atoms with Gasteiger partial charge in [0.2, 0.25) is 0 Å². The van der Waals surface area contributed by atoms with Gasteiger partial charge in [-0.05, 0) is 33.2 Å². The number of esters is 1. The molecule has 1 N–H and O–H groups in total. The first-order valence-electron chi connectivity index (χ1n) is 6.67. The van der Waals surface area contributed by atoms with Crippen molar-refractivity contribution in [3.8, 4) is 0 Å². The van der Waals surface area contributed by atoms with Crippen LogP contribution in [0.2, 0.25) is 0 Å². The largest absolute Gasteiger partial charge is 0.465 e. The quantitative estimate of drug-likeness (QED) is 0.653. The molecule has 0 radical (unpaired) electrons. The van der Waals surface area contributed by atoms with Gasteiger partial charge in [-0.25, -0.2) is 0 Å². The first-order valence-corrected chi connectivity index (χ1v) is 6.67. The standard InChI is InChI=1S/C13H26N2O2/c1-5-17-13(16)12(14-10(2)3)8-9-15(4)11-6-7-11/h10-12,14H,5-9H2,1-4H3. The predicted molar refractivity (Wildman–Crippen MR) is 69.0 cm³/mol. The zero-order valence-electron chi connectivity index (χ0n) is 11.5. The number of rotatable bonds is 8. The van der Waals surface area contributed by atoms with Gasteiger partial charge in [0.05, 0.1) is 6.61 Å². The van der Waals surface area contributed by atoms with Crippen molar-refractivity contribution in [1.29, 1.82) is 0 Å².